The zero-order valence-corrected chi connectivity index (χ0v) is 14.7. The summed E-state index contributed by atoms with van der Waals surface area (Å²) in [6, 6.07) is 0. The van der Waals surface area contributed by atoms with E-state index in [2.05, 4.69) is 14.3 Å². The fourth-order valence-corrected chi connectivity index (χ4v) is 3.43. The topological polar surface area (TPSA) is 152 Å². The van der Waals surface area contributed by atoms with Crippen LogP contribution >= 0.6 is 11.3 Å². The summed E-state index contributed by atoms with van der Waals surface area (Å²) in [4.78, 5) is 32.4. The maximum atomic E-state index is 12.4. The number of nitrogen functional groups attached to an aromatic ring is 1. The second-order valence-electron chi connectivity index (χ2n) is 5.61. The van der Waals surface area contributed by atoms with Gasteiger partial charge in [-0.05, 0) is 13.8 Å². The Morgan fingerprint density at radius 1 is 1.58 bits per heavy atom. The van der Waals surface area contributed by atoms with E-state index in [0.29, 0.717) is 10.8 Å². The summed E-state index contributed by atoms with van der Waals surface area (Å²) in [5.41, 5.74) is 4.84. The minimum atomic E-state index is -4.83. The van der Waals surface area contributed by atoms with E-state index >= 15 is 0 Å². The summed E-state index contributed by atoms with van der Waals surface area (Å²) in [6.07, 6.45) is -0.207. The molecule has 0 unspecified atom stereocenters. The lowest BCUT2D eigenvalue weighted by Crippen LogP contribution is -2.68. The van der Waals surface area contributed by atoms with Gasteiger partial charge in [-0.1, -0.05) is 0 Å². The lowest BCUT2D eigenvalue weighted by molar-refractivity contribution is -0.228. The fraction of sp³-hybridized carbons (Fsp3) is 0.500. The number of anilines is 1. The molecule has 2 heterocycles. The number of thiazole rings is 1. The highest BCUT2D eigenvalue weighted by molar-refractivity contribution is 7.80. The lowest BCUT2D eigenvalue weighted by atomic mass is 9.74. The zero-order chi connectivity index (χ0) is 18.3. The summed E-state index contributed by atoms with van der Waals surface area (Å²) >= 11 is 1.16. The molecule has 1 atom stereocenters. The van der Waals surface area contributed by atoms with Crippen LogP contribution in [0, 0.1) is 5.92 Å². The molecule has 3 N–H and O–H groups in total. The summed E-state index contributed by atoms with van der Waals surface area (Å²) in [5.74, 6) is -1.97. The number of nitrogens with zero attached hydrogens (tertiary/aromatic N) is 3. The molecule has 0 aliphatic carbocycles. The van der Waals surface area contributed by atoms with Gasteiger partial charge in [0.1, 0.15) is 11.4 Å². The summed E-state index contributed by atoms with van der Waals surface area (Å²) in [6.45, 7) is 3.03. The molecule has 1 saturated heterocycles. The molecular weight excluding hydrogens is 360 g/mol. The maximum absolute atomic E-state index is 12.4. The van der Waals surface area contributed by atoms with Gasteiger partial charge in [0, 0.05) is 18.8 Å². The number of carbonyl (C=O) groups is 2. The zero-order valence-electron chi connectivity index (χ0n) is 13.1. The molecule has 1 aliphatic rings. The Morgan fingerprint density at radius 3 is 2.62 bits per heavy atom. The van der Waals surface area contributed by atoms with E-state index in [9.17, 15) is 18.0 Å². The Bertz CT molecular complexity index is 813. The highest BCUT2D eigenvalue weighted by Crippen LogP contribution is 2.40. The van der Waals surface area contributed by atoms with Crippen molar-refractivity contribution >= 4 is 44.3 Å². The standard InChI is InChI=1S/C12H16N4O6S2/c1-12(2)6(10(18)16(12)22-24(19,20)21)4-8(17)9(14-3)7-5-23-11(13)15-7/h5-6H,4H2,1-3H3,(H2,13,15)(H,19,20,21)/t6-/m1/s1. The number of aliphatic imine (C=N–C) groups is 1. The van der Waals surface area contributed by atoms with E-state index in [4.69, 9.17) is 10.3 Å². The van der Waals surface area contributed by atoms with E-state index in [0.717, 1.165) is 11.3 Å². The van der Waals surface area contributed by atoms with Crippen molar-refractivity contribution in [2.24, 2.45) is 10.9 Å². The van der Waals surface area contributed by atoms with Crippen molar-refractivity contribution in [1.29, 1.82) is 0 Å². The largest absolute Gasteiger partial charge is 0.418 e. The fourth-order valence-electron chi connectivity index (χ4n) is 2.43. The third-order valence-corrected chi connectivity index (χ3v) is 4.70. The first-order chi connectivity index (χ1) is 11.0. The van der Waals surface area contributed by atoms with E-state index in [-0.39, 0.29) is 17.3 Å². The van der Waals surface area contributed by atoms with Crippen LogP contribution in [0.1, 0.15) is 26.0 Å². The number of ketones is 1. The number of carbonyl (C=O) groups excluding carboxylic acids is 2. The van der Waals surface area contributed by atoms with Crippen molar-refractivity contribution < 1.29 is 26.8 Å². The summed E-state index contributed by atoms with van der Waals surface area (Å²) in [7, 11) is -3.41. The van der Waals surface area contributed by atoms with Gasteiger partial charge < -0.3 is 5.73 Å². The number of Topliss-reactive ketones (excluding diaryl/α,β-unsaturated/α-hetero) is 1. The van der Waals surface area contributed by atoms with Crippen LogP contribution in [0.5, 0.6) is 0 Å². The van der Waals surface area contributed by atoms with Crippen LogP contribution in [0.3, 0.4) is 0 Å². The van der Waals surface area contributed by atoms with Crippen molar-refractivity contribution in [1.82, 2.24) is 10.0 Å². The van der Waals surface area contributed by atoms with Gasteiger partial charge in [-0.25, -0.2) is 4.98 Å². The molecule has 10 nitrogen and oxygen atoms in total. The molecule has 0 spiro atoms. The van der Waals surface area contributed by atoms with Gasteiger partial charge >= 0.3 is 10.4 Å². The van der Waals surface area contributed by atoms with Crippen molar-refractivity contribution in [3.8, 4) is 0 Å². The van der Waals surface area contributed by atoms with E-state index in [1.54, 1.807) is 5.38 Å². The highest BCUT2D eigenvalue weighted by Gasteiger charge is 2.57. The molecule has 2 rings (SSSR count). The van der Waals surface area contributed by atoms with Gasteiger partial charge in [-0.2, -0.15) is 13.5 Å². The first-order valence-corrected chi connectivity index (χ1v) is 8.94. The van der Waals surface area contributed by atoms with Crippen molar-refractivity contribution in [2.45, 2.75) is 25.8 Å². The molecule has 1 aromatic heterocycles. The van der Waals surface area contributed by atoms with E-state index in [1.165, 1.54) is 20.9 Å². The minimum Gasteiger partial charge on any atom is -0.375 e. The van der Waals surface area contributed by atoms with Gasteiger partial charge in [0.25, 0.3) is 5.91 Å². The molecule has 132 valence electrons. The molecule has 24 heavy (non-hydrogen) atoms. The Labute approximate surface area is 142 Å². The number of rotatable bonds is 6. The lowest BCUT2D eigenvalue weighted by Gasteiger charge is -2.50. The van der Waals surface area contributed by atoms with Crippen molar-refractivity contribution in [3.05, 3.63) is 11.1 Å². The predicted octanol–water partition coefficient (Wildman–Crippen LogP) is 0.0748. The van der Waals surface area contributed by atoms with Gasteiger partial charge in [0.15, 0.2) is 10.9 Å². The second kappa shape index (κ2) is 6.20. The smallest absolute Gasteiger partial charge is 0.375 e. The highest BCUT2D eigenvalue weighted by atomic mass is 32.3. The number of nitrogens with two attached hydrogens (primary N) is 1. The molecule has 0 aromatic carbocycles. The van der Waals surface area contributed by atoms with Crippen LogP contribution in [0.25, 0.3) is 0 Å². The number of aromatic nitrogens is 1. The average Bonchev–Trinajstić information content (AvgIpc) is 2.88. The maximum Gasteiger partial charge on any atom is 0.418 e. The van der Waals surface area contributed by atoms with Crippen LogP contribution in [0.2, 0.25) is 0 Å². The molecule has 12 heteroatoms. The second-order valence-corrected chi connectivity index (χ2v) is 7.51. The molecule has 0 radical (unpaired) electrons. The normalized spacial score (nSPS) is 20.8. The quantitative estimate of drug-likeness (QED) is 0.402. The minimum absolute atomic E-state index is 0.0840. The Hall–Kier alpha value is -1.89. The Balaban J connectivity index is 2.14. The number of β-lactam (4-membered cyclic amide) rings is 1. The Morgan fingerprint density at radius 2 is 2.21 bits per heavy atom. The molecule has 1 aliphatic heterocycles. The van der Waals surface area contributed by atoms with Crippen LogP contribution in [0.15, 0.2) is 10.4 Å². The van der Waals surface area contributed by atoms with E-state index in [1.807, 2.05) is 0 Å². The number of hydrogen-bond acceptors (Lipinski definition) is 9. The third kappa shape index (κ3) is 3.45. The van der Waals surface area contributed by atoms with Gasteiger partial charge in [-0.15, -0.1) is 15.6 Å². The van der Waals surface area contributed by atoms with Gasteiger partial charge in [0.05, 0.1) is 11.5 Å². The van der Waals surface area contributed by atoms with Crippen molar-refractivity contribution in [2.75, 3.05) is 12.8 Å². The summed E-state index contributed by atoms with van der Waals surface area (Å²) in [5, 5.41) is 2.40. The van der Waals surface area contributed by atoms with Crippen molar-refractivity contribution in [3.63, 3.8) is 0 Å². The number of hydroxylamine groups is 2. The van der Waals surface area contributed by atoms with Crippen LogP contribution < -0.4 is 5.73 Å². The van der Waals surface area contributed by atoms with Crippen LogP contribution in [-0.4, -0.2) is 53.0 Å². The molecule has 0 bridgehead atoms. The molecule has 1 amide bonds. The first kappa shape index (κ1) is 18.4. The molecule has 1 aromatic rings. The third-order valence-electron chi connectivity index (χ3n) is 3.68. The van der Waals surface area contributed by atoms with Crippen LogP contribution in [-0.2, 0) is 24.3 Å². The monoisotopic (exact) mass is 376 g/mol. The van der Waals surface area contributed by atoms with Gasteiger partial charge in [-0.3, -0.25) is 19.1 Å². The Kier molecular flexibility index (Phi) is 4.77. The molecule has 0 saturated carbocycles. The van der Waals surface area contributed by atoms with E-state index < -0.39 is 33.5 Å². The predicted molar refractivity (Wildman–Crippen MR) is 85.7 cm³/mol. The van der Waals surface area contributed by atoms with Crippen LogP contribution in [0.4, 0.5) is 5.13 Å². The van der Waals surface area contributed by atoms with Gasteiger partial charge in [0.2, 0.25) is 0 Å². The first-order valence-electron chi connectivity index (χ1n) is 6.69. The summed E-state index contributed by atoms with van der Waals surface area (Å²) < 4.78 is 34.5. The number of amides is 1. The number of hydrogen-bond donors (Lipinski definition) is 2. The SMILES string of the molecule is CN=C(C(=O)C[C@@H]1C(=O)N(OS(=O)(=O)O)C1(C)C)c1csc(N)n1. The molecule has 1 fully saturated rings. The molecular formula is C12H16N4O6S2. The average molecular weight is 376 g/mol.